The van der Waals surface area contributed by atoms with Gasteiger partial charge in [0.25, 0.3) is 0 Å². The molecule has 88 valence electrons. The van der Waals surface area contributed by atoms with Crippen molar-refractivity contribution in [2.24, 2.45) is 0 Å². The lowest BCUT2D eigenvalue weighted by Crippen LogP contribution is -2.15. The number of hydrogen-bond acceptors (Lipinski definition) is 4. The van der Waals surface area contributed by atoms with Crippen LogP contribution in [-0.2, 0) is 11.3 Å². The molecule has 0 bridgehead atoms. The average Bonchev–Trinajstić information content (AvgIpc) is 2.63. The molecule has 1 N–H and O–H groups in total. The zero-order valence-corrected chi connectivity index (χ0v) is 9.92. The van der Waals surface area contributed by atoms with Gasteiger partial charge in [-0.25, -0.2) is 0 Å². The zero-order valence-electron chi connectivity index (χ0n) is 9.10. The van der Waals surface area contributed by atoms with Crippen molar-refractivity contribution < 1.29 is 9.47 Å². The summed E-state index contributed by atoms with van der Waals surface area (Å²) >= 11 is 0. The maximum Gasteiger partial charge on any atom is 0.157 e. The number of likely N-dealkylation sites (N-methyl/N-ethyl adjacent to an activating group) is 1. The van der Waals surface area contributed by atoms with E-state index in [-0.39, 0.29) is 12.4 Å². The first-order chi connectivity index (χ1) is 6.86. The monoisotopic (exact) mass is 235 g/mol. The number of nitrogens with zero attached hydrogens (tertiary/aromatic N) is 2. The molecule has 15 heavy (non-hydrogen) atoms. The minimum Gasteiger partial charge on any atom is -0.488 e. The van der Waals surface area contributed by atoms with Crippen molar-refractivity contribution in [1.82, 2.24) is 15.1 Å². The summed E-state index contributed by atoms with van der Waals surface area (Å²) in [5, 5.41) is 7.20. The molecule has 0 saturated heterocycles. The average molecular weight is 236 g/mol. The highest BCUT2D eigenvalue weighted by Crippen LogP contribution is 2.07. The van der Waals surface area contributed by atoms with Crippen molar-refractivity contribution in [1.29, 1.82) is 0 Å². The van der Waals surface area contributed by atoms with E-state index < -0.39 is 0 Å². The number of ether oxygens (including phenoxy) is 2. The van der Waals surface area contributed by atoms with Crippen LogP contribution < -0.4 is 10.1 Å². The third kappa shape index (κ3) is 5.61. The topological polar surface area (TPSA) is 48.3 Å². The Balaban J connectivity index is 0.00000196. The van der Waals surface area contributed by atoms with Crippen LogP contribution in [0.25, 0.3) is 0 Å². The van der Waals surface area contributed by atoms with Gasteiger partial charge in [-0.1, -0.05) is 0 Å². The summed E-state index contributed by atoms with van der Waals surface area (Å²) < 4.78 is 12.1. The van der Waals surface area contributed by atoms with Gasteiger partial charge in [0, 0.05) is 13.7 Å². The lowest BCUT2D eigenvalue weighted by Gasteiger charge is -2.01. The van der Waals surface area contributed by atoms with Crippen molar-refractivity contribution in [2.75, 3.05) is 33.9 Å². The summed E-state index contributed by atoms with van der Waals surface area (Å²) in [5.41, 5.74) is 0. The van der Waals surface area contributed by atoms with Crippen LogP contribution in [0.2, 0.25) is 0 Å². The Kier molecular flexibility index (Phi) is 8.08. The third-order valence-corrected chi connectivity index (χ3v) is 1.76. The first-order valence-electron chi connectivity index (χ1n) is 4.65. The van der Waals surface area contributed by atoms with Crippen LogP contribution in [0.3, 0.4) is 0 Å². The van der Waals surface area contributed by atoms with Crippen molar-refractivity contribution in [3.8, 4) is 5.75 Å². The molecule has 0 aliphatic rings. The Morgan fingerprint density at radius 2 is 2.27 bits per heavy atom. The van der Waals surface area contributed by atoms with E-state index in [0.717, 1.165) is 18.8 Å². The molecule has 0 unspecified atom stereocenters. The predicted octanol–water partition coefficient (Wildman–Crippen LogP) is 0.549. The molecule has 1 aromatic rings. The summed E-state index contributed by atoms with van der Waals surface area (Å²) in [6, 6.07) is 0. The third-order valence-electron chi connectivity index (χ3n) is 1.76. The van der Waals surface area contributed by atoms with Crippen molar-refractivity contribution in [3.63, 3.8) is 0 Å². The van der Waals surface area contributed by atoms with Crippen molar-refractivity contribution >= 4 is 12.4 Å². The molecule has 0 atom stereocenters. The molecule has 1 heterocycles. The van der Waals surface area contributed by atoms with E-state index in [0.29, 0.717) is 13.2 Å². The normalized spacial score (nSPS) is 9.73. The fraction of sp³-hybridized carbons (Fsp3) is 0.667. The molecule has 1 rings (SSSR count). The van der Waals surface area contributed by atoms with Gasteiger partial charge in [-0.15, -0.1) is 12.4 Å². The molecular weight excluding hydrogens is 218 g/mol. The van der Waals surface area contributed by atoms with E-state index in [4.69, 9.17) is 9.47 Å². The van der Waals surface area contributed by atoms with Gasteiger partial charge in [0.1, 0.15) is 6.61 Å². The molecule has 5 nitrogen and oxygen atoms in total. The highest BCUT2D eigenvalue weighted by Gasteiger charge is 1.98. The summed E-state index contributed by atoms with van der Waals surface area (Å²) in [7, 11) is 3.57. The van der Waals surface area contributed by atoms with E-state index in [1.54, 1.807) is 13.3 Å². The first-order valence-corrected chi connectivity index (χ1v) is 4.65. The maximum atomic E-state index is 5.38. The van der Waals surface area contributed by atoms with Crippen LogP contribution in [0, 0.1) is 0 Å². The standard InChI is InChI=1S/C9H17N3O2.ClH/c1-10-3-4-12-8-9(7-11-12)14-6-5-13-2;/h7-8,10H,3-6H2,1-2H3;1H. The van der Waals surface area contributed by atoms with Crippen LogP contribution in [-0.4, -0.2) is 43.7 Å². The number of methoxy groups -OCH3 is 1. The predicted molar refractivity (Wildman–Crippen MR) is 60.8 cm³/mol. The second kappa shape index (κ2) is 8.52. The molecule has 0 fully saturated rings. The fourth-order valence-corrected chi connectivity index (χ4v) is 1.01. The van der Waals surface area contributed by atoms with Gasteiger partial charge < -0.3 is 14.8 Å². The summed E-state index contributed by atoms with van der Waals surface area (Å²) in [4.78, 5) is 0. The number of halogens is 1. The van der Waals surface area contributed by atoms with Gasteiger partial charge in [-0.3, -0.25) is 4.68 Å². The van der Waals surface area contributed by atoms with Crippen LogP contribution in [0.5, 0.6) is 5.75 Å². The lowest BCUT2D eigenvalue weighted by molar-refractivity contribution is 0.146. The van der Waals surface area contributed by atoms with Crippen molar-refractivity contribution in [2.45, 2.75) is 6.54 Å². The molecular formula is C9H18ClN3O2. The second-order valence-corrected chi connectivity index (χ2v) is 2.88. The van der Waals surface area contributed by atoms with E-state index >= 15 is 0 Å². The number of nitrogens with one attached hydrogen (secondary N) is 1. The number of hydrogen-bond donors (Lipinski definition) is 1. The Hall–Kier alpha value is -0.780. The van der Waals surface area contributed by atoms with Crippen LogP contribution >= 0.6 is 12.4 Å². The molecule has 0 aliphatic heterocycles. The van der Waals surface area contributed by atoms with Gasteiger partial charge in [0.15, 0.2) is 5.75 Å². The van der Waals surface area contributed by atoms with Gasteiger partial charge in [-0.2, -0.15) is 5.10 Å². The largest absolute Gasteiger partial charge is 0.488 e. The first kappa shape index (κ1) is 14.2. The van der Waals surface area contributed by atoms with E-state index in [1.807, 2.05) is 17.9 Å². The SMILES string of the molecule is CNCCn1cc(OCCOC)cn1.Cl. The molecule has 6 heteroatoms. The molecule has 0 saturated carbocycles. The maximum absolute atomic E-state index is 5.38. The summed E-state index contributed by atoms with van der Waals surface area (Å²) in [5.74, 6) is 0.790. The van der Waals surface area contributed by atoms with Gasteiger partial charge in [0.2, 0.25) is 0 Å². The lowest BCUT2D eigenvalue weighted by atomic mass is 10.6. The summed E-state index contributed by atoms with van der Waals surface area (Å²) in [6.07, 6.45) is 3.60. The van der Waals surface area contributed by atoms with Crippen molar-refractivity contribution in [3.05, 3.63) is 12.4 Å². The molecule has 0 spiro atoms. The Labute approximate surface area is 96.2 Å². The van der Waals surface area contributed by atoms with Gasteiger partial charge in [0.05, 0.1) is 25.5 Å². The van der Waals surface area contributed by atoms with Gasteiger partial charge in [-0.05, 0) is 7.05 Å². The molecule has 0 aromatic carbocycles. The molecule has 0 amide bonds. The Morgan fingerprint density at radius 1 is 1.47 bits per heavy atom. The van der Waals surface area contributed by atoms with Crippen LogP contribution in [0.15, 0.2) is 12.4 Å². The van der Waals surface area contributed by atoms with Crippen LogP contribution in [0.1, 0.15) is 0 Å². The smallest absolute Gasteiger partial charge is 0.157 e. The fourth-order valence-electron chi connectivity index (χ4n) is 1.01. The quantitative estimate of drug-likeness (QED) is 0.702. The van der Waals surface area contributed by atoms with E-state index in [1.165, 1.54) is 0 Å². The summed E-state index contributed by atoms with van der Waals surface area (Å²) in [6.45, 7) is 2.92. The van der Waals surface area contributed by atoms with E-state index in [9.17, 15) is 0 Å². The number of rotatable bonds is 7. The minimum absolute atomic E-state index is 0. The zero-order chi connectivity index (χ0) is 10.2. The Morgan fingerprint density at radius 3 is 2.93 bits per heavy atom. The van der Waals surface area contributed by atoms with Gasteiger partial charge >= 0.3 is 0 Å². The van der Waals surface area contributed by atoms with E-state index in [2.05, 4.69) is 10.4 Å². The number of aromatic nitrogens is 2. The minimum atomic E-state index is 0. The molecule has 0 aliphatic carbocycles. The molecule has 0 radical (unpaired) electrons. The van der Waals surface area contributed by atoms with Crippen LogP contribution in [0.4, 0.5) is 0 Å². The molecule has 1 aromatic heterocycles. The highest BCUT2D eigenvalue weighted by molar-refractivity contribution is 5.85. The Bertz CT molecular complexity index is 255. The second-order valence-electron chi connectivity index (χ2n) is 2.88. The highest BCUT2D eigenvalue weighted by atomic mass is 35.5.